The minimum atomic E-state index is -0.356. The van der Waals surface area contributed by atoms with E-state index in [2.05, 4.69) is 19.1 Å². The van der Waals surface area contributed by atoms with Crippen molar-refractivity contribution in [1.82, 2.24) is 0 Å². The van der Waals surface area contributed by atoms with Crippen LogP contribution in [0.5, 0.6) is 0 Å². The monoisotopic (exact) mass is 280 g/mol. The van der Waals surface area contributed by atoms with Gasteiger partial charge in [0.1, 0.15) is 0 Å². The molecule has 1 aliphatic rings. The number of hydrogen-bond donors (Lipinski definition) is 0. The van der Waals surface area contributed by atoms with E-state index in [4.69, 9.17) is 11.6 Å². The third-order valence-electron chi connectivity index (χ3n) is 4.40. The van der Waals surface area contributed by atoms with Crippen LogP contribution in [0.2, 0.25) is 23.2 Å². The van der Waals surface area contributed by atoms with Gasteiger partial charge in [-0.15, -0.1) is 0 Å². The largest absolute Gasteiger partial charge is 0.0843 e. The Hall–Kier alpha value is -0.273. The lowest BCUT2D eigenvalue weighted by molar-refractivity contribution is 0.603. The van der Waals surface area contributed by atoms with Crippen LogP contribution in [0.1, 0.15) is 50.5 Å². The van der Waals surface area contributed by atoms with Crippen molar-refractivity contribution in [3.8, 4) is 0 Å². The Morgan fingerprint density at radius 1 is 1.11 bits per heavy atom. The normalized spacial score (nSPS) is 24.1. The summed E-state index contributed by atoms with van der Waals surface area (Å²) in [5.74, 6) is 0.817. The van der Waals surface area contributed by atoms with Crippen molar-refractivity contribution in [1.29, 1.82) is 0 Å². The average Bonchev–Trinajstić information content (AvgIpc) is 2.41. The Morgan fingerprint density at radius 2 is 1.78 bits per heavy atom. The zero-order valence-corrected chi connectivity index (χ0v) is 13.4. The summed E-state index contributed by atoms with van der Waals surface area (Å²) in [6, 6.07) is 13.3. The Bertz CT molecular complexity index is 339. The molecule has 0 atom stereocenters. The highest BCUT2D eigenvalue weighted by molar-refractivity contribution is 6.59. The Kier molecular flexibility index (Phi) is 5.77. The molecule has 0 N–H and O–H groups in total. The van der Waals surface area contributed by atoms with Gasteiger partial charge in [-0.2, -0.15) is 0 Å². The third-order valence-corrected chi connectivity index (χ3v) is 8.18. The van der Waals surface area contributed by atoms with Gasteiger partial charge in [-0.1, -0.05) is 68.1 Å². The van der Waals surface area contributed by atoms with Gasteiger partial charge in [0.25, 0.3) is 0 Å². The van der Waals surface area contributed by atoms with Crippen LogP contribution in [0.3, 0.4) is 0 Å². The molecule has 0 amide bonds. The topological polar surface area (TPSA) is 0 Å². The first kappa shape index (κ1) is 14.1. The molecule has 1 aromatic rings. The van der Waals surface area contributed by atoms with Gasteiger partial charge in [0, 0.05) is 13.8 Å². The molecular formula is C16H25ClSi. The van der Waals surface area contributed by atoms with Crippen LogP contribution in [-0.2, 0) is 0 Å². The smallest absolute Gasteiger partial charge is 0.0406 e. The Labute approximate surface area is 118 Å². The summed E-state index contributed by atoms with van der Waals surface area (Å²) in [5.41, 5.74) is 1.51. The summed E-state index contributed by atoms with van der Waals surface area (Å²) in [5, 5.41) is 0.862. The number of hydrogen-bond acceptors (Lipinski definition) is 0. The van der Waals surface area contributed by atoms with Gasteiger partial charge < -0.3 is 0 Å². The zero-order valence-electron chi connectivity index (χ0n) is 11.5. The van der Waals surface area contributed by atoms with Crippen LogP contribution in [-0.4, -0.2) is 8.80 Å². The predicted molar refractivity (Wildman–Crippen MR) is 84.5 cm³/mol. The molecule has 1 saturated heterocycles. The molecule has 1 fully saturated rings. The summed E-state index contributed by atoms with van der Waals surface area (Å²) in [4.78, 5) is 0. The maximum absolute atomic E-state index is 5.95. The SMILES string of the molecule is CCCCC[SiH]1CCC(c2ccc(Cl)cc2)CC1. The van der Waals surface area contributed by atoms with E-state index in [1.807, 2.05) is 12.1 Å². The fourth-order valence-corrected chi connectivity index (χ4v) is 6.81. The maximum Gasteiger partial charge on any atom is 0.0406 e. The minimum Gasteiger partial charge on any atom is -0.0843 e. The van der Waals surface area contributed by atoms with Crippen LogP contribution in [0.4, 0.5) is 0 Å². The van der Waals surface area contributed by atoms with Gasteiger partial charge in [0.2, 0.25) is 0 Å². The molecular weight excluding hydrogens is 256 g/mol. The predicted octanol–water partition coefficient (Wildman–Crippen LogP) is 5.63. The third kappa shape index (κ3) is 4.13. The van der Waals surface area contributed by atoms with Crippen LogP contribution >= 0.6 is 11.6 Å². The second-order valence-electron chi connectivity index (χ2n) is 5.76. The van der Waals surface area contributed by atoms with Crippen LogP contribution < -0.4 is 0 Å². The van der Waals surface area contributed by atoms with Gasteiger partial charge in [0.15, 0.2) is 0 Å². The van der Waals surface area contributed by atoms with Gasteiger partial charge in [-0.25, -0.2) is 0 Å². The standard InChI is InChI=1S/C16H25ClSi/c1-2-3-4-11-18-12-9-15(10-13-18)14-5-7-16(17)8-6-14/h5-8,15,18H,2-4,9-13H2,1H3. The molecule has 2 rings (SSSR count). The summed E-state index contributed by atoms with van der Waals surface area (Å²) in [7, 11) is -0.356. The molecule has 0 aromatic heterocycles. The lowest BCUT2D eigenvalue weighted by Gasteiger charge is -2.28. The van der Waals surface area contributed by atoms with E-state index in [0.29, 0.717) is 0 Å². The number of benzene rings is 1. The zero-order chi connectivity index (χ0) is 12.8. The van der Waals surface area contributed by atoms with Crippen molar-refractivity contribution in [3.05, 3.63) is 34.9 Å². The van der Waals surface area contributed by atoms with E-state index in [0.717, 1.165) is 10.9 Å². The second kappa shape index (κ2) is 7.35. The van der Waals surface area contributed by atoms with Crippen molar-refractivity contribution in [3.63, 3.8) is 0 Å². The number of unbranched alkanes of at least 4 members (excludes halogenated alkanes) is 2. The molecule has 0 aliphatic carbocycles. The molecule has 0 spiro atoms. The van der Waals surface area contributed by atoms with Gasteiger partial charge in [-0.3, -0.25) is 0 Å². The average molecular weight is 281 g/mol. The van der Waals surface area contributed by atoms with Crippen LogP contribution in [0, 0.1) is 0 Å². The Balaban J connectivity index is 1.77. The quantitative estimate of drug-likeness (QED) is 0.484. The lowest BCUT2D eigenvalue weighted by atomic mass is 9.94. The molecule has 1 aromatic carbocycles. The number of halogens is 1. The van der Waals surface area contributed by atoms with Crippen molar-refractivity contribution in [2.45, 2.75) is 63.1 Å². The molecule has 1 heterocycles. The second-order valence-corrected chi connectivity index (χ2v) is 9.67. The van der Waals surface area contributed by atoms with Gasteiger partial charge in [-0.05, 0) is 36.5 Å². The van der Waals surface area contributed by atoms with E-state index in [1.54, 1.807) is 18.1 Å². The van der Waals surface area contributed by atoms with E-state index in [9.17, 15) is 0 Å². The van der Waals surface area contributed by atoms with E-state index in [-0.39, 0.29) is 8.80 Å². The van der Waals surface area contributed by atoms with Crippen molar-refractivity contribution >= 4 is 20.4 Å². The first-order valence-electron chi connectivity index (χ1n) is 7.55. The van der Waals surface area contributed by atoms with Crippen LogP contribution in [0.25, 0.3) is 0 Å². The first-order chi connectivity index (χ1) is 8.79. The highest BCUT2D eigenvalue weighted by Gasteiger charge is 2.22. The van der Waals surface area contributed by atoms with Crippen LogP contribution in [0.15, 0.2) is 24.3 Å². The van der Waals surface area contributed by atoms with E-state index < -0.39 is 0 Å². The fourth-order valence-electron chi connectivity index (χ4n) is 3.20. The molecule has 0 bridgehead atoms. The highest BCUT2D eigenvalue weighted by atomic mass is 35.5. The molecule has 0 radical (unpaired) electrons. The lowest BCUT2D eigenvalue weighted by Crippen LogP contribution is -2.20. The van der Waals surface area contributed by atoms with E-state index in [1.165, 1.54) is 37.7 Å². The fraction of sp³-hybridized carbons (Fsp3) is 0.625. The van der Waals surface area contributed by atoms with Gasteiger partial charge >= 0.3 is 0 Å². The molecule has 1 aliphatic heterocycles. The molecule has 18 heavy (non-hydrogen) atoms. The summed E-state index contributed by atoms with van der Waals surface area (Å²) >= 11 is 5.95. The molecule has 0 nitrogen and oxygen atoms in total. The van der Waals surface area contributed by atoms with Crippen molar-refractivity contribution in [2.24, 2.45) is 0 Å². The highest BCUT2D eigenvalue weighted by Crippen LogP contribution is 2.35. The summed E-state index contributed by atoms with van der Waals surface area (Å²) in [6.07, 6.45) is 7.19. The van der Waals surface area contributed by atoms with Gasteiger partial charge in [0.05, 0.1) is 0 Å². The molecule has 0 unspecified atom stereocenters. The maximum atomic E-state index is 5.95. The first-order valence-corrected chi connectivity index (χ1v) is 10.4. The molecule has 100 valence electrons. The molecule has 2 heteroatoms. The van der Waals surface area contributed by atoms with Crippen molar-refractivity contribution < 1.29 is 0 Å². The molecule has 0 saturated carbocycles. The minimum absolute atomic E-state index is 0.356. The number of rotatable bonds is 5. The van der Waals surface area contributed by atoms with E-state index >= 15 is 0 Å². The van der Waals surface area contributed by atoms with Crippen molar-refractivity contribution in [2.75, 3.05) is 0 Å². The summed E-state index contributed by atoms with van der Waals surface area (Å²) in [6.45, 7) is 2.30. The Morgan fingerprint density at radius 3 is 2.39 bits per heavy atom. The summed E-state index contributed by atoms with van der Waals surface area (Å²) < 4.78 is 0.